The van der Waals surface area contributed by atoms with Gasteiger partial charge >= 0.3 is 6.09 Å². The third-order valence-corrected chi connectivity index (χ3v) is 2.33. The van der Waals surface area contributed by atoms with E-state index in [4.69, 9.17) is 4.74 Å². The predicted octanol–water partition coefficient (Wildman–Crippen LogP) is 3.14. The first-order chi connectivity index (χ1) is 8.74. The molecule has 4 heteroatoms. The molecule has 4 nitrogen and oxygen atoms in total. The van der Waals surface area contributed by atoms with Crippen molar-refractivity contribution < 1.29 is 9.53 Å². The first-order valence-electron chi connectivity index (χ1n) is 5.65. The number of nitrogens with zero attached hydrogens (tertiary/aromatic N) is 1. The van der Waals surface area contributed by atoms with Gasteiger partial charge in [-0.25, -0.2) is 9.78 Å². The monoisotopic (exact) mass is 242 g/mol. The van der Waals surface area contributed by atoms with Gasteiger partial charge in [0, 0.05) is 5.69 Å². The van der Waals surface area contributed by atoms with Crippen LogP contribution in [0.2, 0.25) is 0 Å². The average Bonchev–Trinajstić information content (AvgIpc) is 2.38. The van der Waals surface area contributed by atoms with Crippen LogP contribution in [0, 0.1) is 6.92 Å². The zero-order chi connectivity index (χ0) is 12.8. The van der Waals surface area contributed by atoms with Gasteiger partial charge in [0.1, 0.15) is 12.4 Å². The summed E-state index contributed by atoms with van der Waals surface area (Å²) >= 11 is 0. The van der Waals surface area contributed by atoms with Crippen molar-refractivity contribution in [2.24, 2.45) is 0 Å². The number of anilines is 1. The zero-order valence-electron chi connectivity index (χ0n) is 10.1. The molecule has 2 rings (SSSR count). The van der Waals surface area contributed by atoms with Crippen LogP contribution in [0.5, 0.6) is 0 Å². The van der Waals surface area contributed by atoms with Crippen LogP contribution in [0.3, 0.4) is 0 Å². The third kappa shape index (κ3) is 3.59. The van der Waals surface area contributed by atoms with E-state index in [1.165, 1.54) is 0 Å². The zero-order valence-corrected chi connectivity index (χ0v) is 10.1. The SMILES string of the molecule is Cc1cccc(NC(=O)OCc2ccccc2)n1. The molecule has 2 aromatic rings. The van der Waals surface area contributed by atoms with Crippen molar-refractivity contribution in [1.82, 2.24) is 4.98 Å². The molecule has 1 amide bonds. The lowest BCUT2D eigenvalue weighted by Crippen LogP contribution is -2.14. The van der Waals surface area contributed by atoms with Gasteiger partial charge in [0.15, 0.2) is 0 Å². The highest BCUT2D eigenvalue weighted by atomic mass is 16.5. The largest absolute Gasteiger partial charge is 0.444 e. The molecule has 0 bridgehead atoms. The fourth-order valence-electron chi connectivity index (χ4n) is 1.48. The lowest BCUT2D eigenvalue weighted by molar-refractivity contribution is 0.155. The molecule has 0 fully saturated rings. The number of aromatic nitrogens is 1. The van der Waals surface area contributed by atoms with Gasteiger partial charge in [-0.2, -0.15) is 0 Å². The second-order valence-electron chi connectivity index (χ2n) is 3.85. The maximum atomic E-state index is 11.5. The van der Waals surface area contributed by atoms with E-state index in [0.29, 0.717) is 5.82 Å². The van der Waals surface area contributed by atoms with Crippen molar-refractivity contribution in [3.63, 3.8) is 0 Å². The van der Waals surface area contributed by atoms with Crippen LogP contribution in [0.15, 0.2) is 48.5 Å². The molecular weight excluding hydrogens is 228 g/mol. The fourth-order valence-corrected chi connectivity index (χ4v) is 1.48. The molecule has 0 radical (unpaired) electrons. The minimum Gasteiger partial charge on any atom is -0.444 e. The minimum atomic E-state index is -0.503. The Morgan fingerprint density at radius 1 is 1.17 bits per heavy atom. The van der Waals surface area contributed by atoms with Crippen LogP contribution >= 0.6 is 0 Å². The van der Waals surface area contributed by atoms with Gasteiger partial charge in [0.25, 0.3) is 0 Å². The third-order valence-electron chi connectivity index (χ3n) is 2.33. The number of benzene rings is 1. The number of ether oxygens (including phenoxy) is 1. The second-order valence-corrected chi connectivity index (χ2v) is 3.85. The Kier molecular flexibility index (Phi) is 3.91. The molecule has 0 atom stereocenters. The van der Waals surface area contributed by atoms with Crippen LogP contribution in [-0.2, 0) is 11.3 Å². The summed E-state index contributed by atoms with van der Waals surface area (Å²) in [6, 6.07) is 14.9. The van der Waals surface area contributed by atoms with E-state index in [0.717, 1.165) is 11.3 Å². The molecular formula is C14H14N2O2. The van der Waals surface area contributed by atoms with Crippen molar-refractivity contribution >= 4 is 11.9 Å². The Labute approximate surface area is 106 Å². The number of aryl methyl sites for hydroxylation is 1. The number of rotatable bonds is 3. The highest BCUT2D eigenvalue weighted by Crippen LogP contribution is 2.06. The van der Waals surface area contributed by atoms with Gasteiger partial charge in [-0.05, 0) is 24.6 Å². The Hall–Kier alpha value is -2.36. The summed E-state index contributed by atoms with van der Waals surface area (Å²) in [6.45, 7) is 2.11. The van der Waals surface area contributed by atoms with Crippen molar-refractivity contribution in [3.05, 3.63) is 59.8 Å². The van der Waals surface area contributed by atoms with Gasteiger partial charge in [-0.3, -0.25) is 5.32 Å². The molecule has 1 heterocycles. The van der Waals surface area contributed by atoms with Crippen molar-refractivity contribution in [2.45, 2.75) is 13.5 Å². The first-order valence-corrected chi connectivity index (χ1v) is 5.65. The van der Waals surface area contributed by atoms with Gasteiger partial charge in [0.05, 0.1) is 0 Å². The summed E-state index contributed by atoms with van der Waals surface area (Å²) in [5, 5.41) is 2.58. The minimum absolute atomic E-state index is 0.249. The maximum Gasteiger partial charge on any atom is 0.413 e. The smallest absolute Gasteiger partial charge is 0.413 e. The standard InChI is InChI=1S/C14H14N2O2/c1-11-6-5-9-13(15-11)16-14(17)18-10-12-7-3-2-4-8-12/h2-9H,10H2,1H3,(H,15,16,17). The van der Waals surface area contributed by atoms with E-state index in [1.807, 2.05) is 49.4 Å². The molecule has 0 aliphatic heterocycles. The second kappa shape index (κ2) is 5.82. The van der Waals surface area contributed by atoms with E-state index in [-0.39, 0.29) is 6.61 Å². The van der Waals surface area contributed by atoms with Crippen molar-refractivity contribution in [3.8, 4) is 0 Å². The number of nitrogens with one attached hydrogen (secondary N) is 1. The number of hydrogen-bond acceptors (Lipinski definition) is 3. The topological polar surface area (TPSA) is 51.2 Å². The Morgan fingerprint density at radius 3 is 2.67 bits per heavy atom. The van der Waals surface area contributed by atoms with Gasteiger partial charge in [-0.1, -0.05) is 36.4 Å². The average molecular weight is 242 g/mol. The number of carbonyl (C=O) groups is 1. The van der Waals surface area contributed by atoms with Gasteiger partial charge in [-0.15, -0.1) is 0 Å². The lowest BCUT2D eigenvalue weighted by Gasteiger charge is -2.06. The number of pyridine rings is 1. The van der Waals surface area contributed by atoms with Crippen LogP contribution in [0.1, 0.15) is 11.3 Å². The molecule has 0 aliphatic rings. The van der Waals surface area contributed by atoms with Crippen molar-refractivity contribution in [1.29, 1.82) is 0 Å². The molecule has 1 aromatic heterocycles. The molecule has 92 valence electrons. The number of carbonyl (C=O) groups excluding carboxylic acids is 1. The van der Waals surface area contributed by atoms with Crippen molar-refractivity contribution in [2.75, 3.05) is 5.32 Å². The van der Waals surface area contributed by atoms with Crippen LogP contribution < -0.4 is 5.32 Å². The lowest BCUT2D eigenvalue weighted by atomic mass is 10.2. The number of hydrogen-bond donors (Lipinski definition) is 1. The summed E-state index contributed by atoms with van der Waals surface area (Å²) in [4.78, 5) is 15.7. The maximum absolute atomic E-state index is 11.5. The highest BCUT2D eigenvalue weighted by Gasteiger charge is 2.04. The summed E-state index contributed by atoms with van der Waals surface area (Å²) in [6.07, 6.45) is -0.503. The van der Waals surface area contributed by atoms with Crippen LogP contribution in [-0.4, -0.2) is 11.1 Å². The summed E-state index contributed by atoms with van der Waals surface area (Å²) in [5.74, 6) is 0.494. The highest BCUT2D eigenvalue weighted by molar-refractivity contribution is 5.83. The molecule has 0 saturated heterocycles. The number of amides is 1. The van der Waals surface area contributed by atoms with E-state index in [9.17, 15) is 4.79 Å². The fraction of sp³-hybridized carbons (Fsp3) is 0.143. The molecule has 0 saturated carbocycles. The summed E-state index contributed by atoms with van der Waals surface area (Å²) < 4.78 is 5.08. The Bertz CT molecular complexity index is 526. The molecule has 1 aromatic carbocycles. The normalized spacial score (nSPS) is 9.83. The van der Waals surface area contributed by atoms with E-state index in [2.05, 4.69) is 10.3 Å². The molecule has 1 N–H and O–H groups in total. The van der Waals surface area contributed by atoms with E-state index < -0.39 is 6.09 Å². The Balaban J connectivity index is 1.86. The molecule has 0 unspecified atom stereocenters. The summed E-state index contributed by atoms with van der Waals surface area (Å²) in [5.41, 5.74) is 1.79. The predicted molar refractivity (Wildman–Crippen MR) is 69.2 cm³/mol. The van der Waals surface area contributed by atoms with Gasteiger partial charge < -0.3 is 4.74 Å². The van der Waals surface area contributed by atoms with Crippen LogP contribution in [0.4, 0.5) is 10.6 Å². The molecule has 18 heavy (non-hydrogen) atoms. The van der Waals surface area contributed by atoms with E-state index >= 15 is 0 Å². The summed E-state index contributed by atoms with van der Waals surface area (Å²) in [7, 11) is 0. The first kappa shape index (κ1) is 12.1. The Morgan fingerprint density at radius 2 is 1.94 bits per heavy atom. The molecule has 0 spiro atoms. The molecule has 0 aliphatic carbocycles. The quantitative estimate of drug-likeness (QED) is 0.899. The van der Waals surface area contributed by atoms with Crippen LogP contribution in [0.25, 0.3) is 0 Å². The van der Waals surface area contributed by atoms with E-state index in [1.54, 1.807) is 6.07 Å². The van der Waals surface area contributed by atoms with Gasteiger partial charge in [0.2, 0.25) is 0 Å².